The second-order valence-electron chi connectivity index (χ2n) is 5.61. The summed E-state index contributed by atoms with van der Waals surface area (Å²) in [6.45, 7) is 0.171. The number of carbonyl (C=O) groups is 1. The average molecular weight is 349 g/mol. The number of para-hydroxylation sites is 1. The van der Waals surface area contributed by atoms with Gasteiger partial charge in [-0.15, -0.1) is 0 Å². The van der Waals surface area contributed by atoms with Crippen molar-refractivity contribution in [1.29, 1.82) is 0 Å². The number of esters is 1. The summed E-state index contributed by atoms with van der Waals surface area (Å²) in [6.07, 6.45) is 1.73. The molecule has 0 saturated carbocycles. The Bertz CT molecular complexity index is 1090. The molecule has 0 bridgehead atoms. The van der Waals surface area contributed by atoms with Gasteiger partial charge in [-0.05, 0) is 36.4 Å². The highest BCUT2D eigenvalue weighted by atomic mass is 35.5. The molecule has 0 aliphatic heterocycles. The molecule has 0 saturated heterocycles. The van der Waals surface area contributed by atoms with Crippen LogP contribution in [0.15, 0.2) is 66.9 Å². The van der Waals surface area contributed by atoms with E-state index in [1.165, 1.54) is 0 Å². The van der Waals surface area contributed by atoms with Crippen molar-refractivity contribution in [3.8, 4) is 0 Å². The van der Waals surface area contributed by atoms with Gasteiger partial charge < -0.3 is 4.74 Å². The highest BCUT2D eigenvalue weighted by Gasteiger charge is 2.10. The molecule has 2 aromatic carbocycles. The Morgan fingerprint density at radius 2 is 1.88 bits per heavy atom. The SMILES string of the molecule is O=C(OCc1cccc2cccnc12)c1ccc2nc(Cl)ccc2c1. The number of benzene rings is 2. The van der Waals surface area contributed by atoms with E-state index in [4.69, 9.17) is 16.3 Å². The number of nitrogens with zero attached hydrogens (tertiary/aromatic N) is 2. The summed E-state index contributed by atoms with van der Waals surface area (Å²) in [6, 6.07) is 18.4. The maximum Gasteiger partial charge on any atom is 0.338 e. The number of ether oxygens (including phenoxy) is 1. The zero-order valence-corrected chi connectivity index (χ0v) is 13.9. The summed E-state index contributed by atoms with van der Waals surface area (Å²) in [7, 11) is 0. The van der Waals surface area contributed by atoms with Gasteiger partial charge >= 0.3 is 5.97 Å². The van der Waals surface area contributed by atoms with Crippen LogP contribution in [0.4, 0.5) is 0 Å². The van der Waals surface area contributed by atoms with E-state index in [1.807, 2.05) is 36.4 Å². The van der Waals surface area contributed by atoms with Crippen molar-refractivity contribution in [1.82, 2.24) is 9.97 Å². The maximum atomic E-state index is 12.4. The van der Waals surface area contributed by atoms with Gasteiger partial charge in [0, 0.05) is 22.5 Å². The molecule has 0 unspecified atom stereocenters. The van der Waals surface area contributed by atoms with Crippen molar-refractivity contribution in [2.75, 3.05) is 0 Å². The molecule has 2 heterocycles. The molecule has 5 heteroatoms. The Morgan fingerprint density at radius 1 is 1.00 bits per heavy atom. The second-order valence-corrected chi connectivity index (χ2v) is 6.00. The van der Waals surface area contributed by atoms with Gasteiger partial charge in [-0.1, -0.05) is 35.9 Å². The predicted octanol–water partition coefficient (Wildman–Crippen LogP) is 4.79. The summed E-state index contributed by atoms with van der Waals surface area (Å²) >= 11 is 5.88. The van der Waals surface area contributed by atoms with Crippen LogP contribution in [0.3, 0.4) is 0 Å². The van der Waals surface area contributed by atoms with Crippen molar-refractivity contribution in [2.45, 2.75) is 6.61 Å². The Kier molecular flexibility index (Phi) is 4.04. The lowest BCUT2D eigenvalue weighted by Crippen LogP contribution is -2.06. The van der Waals surface area contributed by atoms with Gasteiger partial charge in [0.1, 0.15) is 11.8 Å². The lowest BCUT2D eigenvalue weighted by atomic mass is 10.1. The largest absolute Gasteiger partial charge is 0.457 e. The fourth-order valence-corrected chi connectivity index (χ4v) is 2.89. The van der Waals surface area contributed by atoms with Crippen LogP contribution in [0.2, 0.25) is 5.15 Å². The van der Waals surface area contributed by atoms with Crippen LogP contribution < -0.4 is 0 Å². The monoisotopic (exact) mass is 348 g/mol. The Morgan fingerprint density at radius 3 is 2.80 bits per heavy atom. The topological polar surface area (TPSA) is 52.1 Å². The molecule has 122 valence electrons. The standard InChI is InChI=1S/C20H13ClN2O2/c21-18-9-7-14-11-15(6-8-17(14)23-18)20(24)25-12-16-4-1-3-13-5-2-10-22-19(13)16/h1-11H,12H2. The van der Waals surface area contributed by atoms with Crippen LogP contribution in [0.1, 0.15) is 15.9 Å². The quantitative estimate of drug-likeness (QED) is 0.394. The molecule has 0 N–H and O–H groups in total. The zero-order valence-electron chi connectivity index (χ0n) is 13.1. The second kappa shape index (κ2) is 6.49. The van der Waals surface area contributed by atoms with E-state index in [2.05, 4.69) is 9.97 Å². The number of fused-ring (bicyclic) bond motifs is 2. The minimum atomic E-state index is -0.384. The number of hydrogen-bond donors (Lipinski definition) is 0. The molecular weight excluding hydrogens is 336 g/mol. The van der Waals surface area contributed by atoms with E-state index in [0.717, 1.165) is 27.4 Å². The number of halogens is 1. The van der Waals surface area contributed by atoms with Gasteiger partial charge in [0.05, 0.1) is 16.6 Å². The fraction of sp³-hybridized carbons (Fsp3) is 0.0500. The first kappa shape index (κ1) is 15.5. The Hall–Kier alpha value is -2.98. The molecule has 0 aliphatic rings. The highest BCUT2D eigenvalue weighted by Crippen LogP contribution is 2.20. The van der Waals surface area contributed by atoms with Crippen molar-refractivity contribution in [3.05, 3.63) is 83.1 Å². The normalized spacial score (nSPS) is 10.9. The molecular formula is C20H13ClN2O2. The van der Waals surface area contributed by atoms with Crippen LogP contribution in [0.5, 0.6) is 0 Å². The first-order chi connectivity index (χ1) is 12.2. The molecule has 0 aliphatic carbocycles. The molecule has 0 radical (unpaired) electrons. The molecule has 0 spiro atoms. The van der Waals surface area contributed by atoms with Crippen LogP contribution in [0, 0.1) is 0 Å². The lowest BCUT2D eigenvalue weighted by Gasteiger charge is -2.08. The number of rotatable bonds is 3. The summed E-state index contributed by atoms with van der Waals surface area (Å²) in [5.74, 6) is -0.384. The molecule has 4 aromatic rings. The van der Waals surface area contributed by atoms with E-state index in [-0.39, 0.29) is 12.6 Å². The first-order valence-corrected chi connectivity index (χ1v) is 8.14. The van der Waals surface area contributed by atoms with Crippen LogP contribution in [-0.4, -0.2) is 15.9 Å². The summed E-state index contributed by atoms with van der Waals surface area (Å²) in [5.41, 5.74) is 2.93. The third-order valence-corrected chi connectivity index (χ3v) is 4.18. The van der Waals surface area contributed by atoms with Gasteiger partial charge in [-0.25, -0.2) is 9.78 Å². The van der Waals surface area contributed by atoms with Crippen LogP contribution >= 0.6 is 11.6 Å². The molecule has 0 fully saturated rings. The number of carbonyl (C=O) groups excluding carboxylic acids is 1. The molecule has 4 rings (SSSR count). The lowest BCUT2D eigenvalue weighted by molar-refractivity contribution is 0.0474. The Balaban J connectivity index is 1.56. The van der Waals surface area contributed by atoms with Crippen molar-refractivity contribution in [2.24, 2.45) is 0 Å². The van der Waals surface area contributed by atoms with Gasteiger partial charge in [0.15, 0.2) is 0 Å². The van der Waals surface area contributed by atoms with Crippen molar-refractivity contribution < 1.29 is 9.53 Å². The van der Waals surface area contributed by atoms with Crippen molar-refractivity contribution in [3.63, 3.8) is 0 Å². The number of hydrogen-bond acceptors (Lipinski definition) is 4. The predicted molar refractivity (Wildman–Crippen MR) is 97.6 cm³/mol. The average Bonchev–Trinajstić information content (AvgIpc) is 2.65. The third kappa shape index (κ3) is 3.16. The first-order valence-electron chi connectivity index (χ1n) is 7.77. The highest BCUT2D eigenvalue weighted by molar-refractivity contribution is 6.29. The molecule has 4 nitrogen and oxygen atoms in total. The fourth-order valence-electron chi connectivity index (χ4n) is 2.74. The number of aromatic nitrogens is 2. The van der Waals surface area contributed by atoms with Gasteiger partial charge in [0.25, 0.3) is 0 Å². The minimum absolute atomic E-state index is 0.171. The molecule has 25 heavy (non-hydrogen) atoms. The van der Waals surface area contributed by atoms with E-state index in [1.54, 1.807) is 30.5 Å². The van der Waals surface area contributed by atoms with Crippen molar-refractivity contribution >= 4 is 39.4 Å². The van der Waals surface area contributed by atoms with Gasteiger partial charge in [0.2, 0.25) is 0 Å². The number of pyridine rings is 2. The molecule has 0 amide bonds. The maximum absolute atomic E-state index is 12.4. The van der Waals surface area contributed by atoms with Crippen LogP contribution in [0.25, 0.3) is 21.8 Å². The third-order valence-electron chi connectivity index (χ3n) is 3.97. The summed E-state index contributed by atoms with van der Waals surface area (Å²) < 4.78 is 5.47. The molecule has 0 atom stereocenters. The van der Waals surface area contributed by atoms with Gasteiger partial charge in [-0.2, -0.15) is 0 Å². The minimum Gasteiger partial charge on any atom is -0.457 e. The molecule has 2 aromatic heterocycles. The summed E-state index contributed by atoms with van der Waals surface area (Å²) in [5, 5.41) is 2.28. The van der Waals surface area contributed by atoms with Crippen LogP contribution in [-0.2, 0) is 11.3 Å². The van der Waals surface area contributed by atoms with E-state index in [0.29, 0.717) is 10.7 Å². The van der Waals surface area contributed by atoms with E-state index < -0.39 is 0 Å². The van der Waals surface area contributed by atoms with E-state index in [9.17, 15) is 4.79 Å². The van der Waals surface area contributed by atoms with Gasteiger partial charge in [-0.3, -0.25) is 4.98 Å². The summed E-state index contributed by atoms with van der Waals surface area (Å²) in [4.78, 5) is 21.0. The Labute approximate surface area is 149 Å². The zero-order chi connectivity index (χ0) is 17.2. The smallest absolute Gasteiger partial charge is 0.338 e. The van der Waals surface area contributed by atoms with E-state index >= 15 is 0 Å².